The van der Waals surface area contributed by atoms with Crippen molar-refractivity contribution in [2.75, 3.05) is 19.8 Å². The summed E-state index contributed by atoms with van der Waals surface area (Å²) in [6.45, 7) is 5.26. The molecule has 0 aromatic rings. The minimum Gasteiger partial charge on any atom is -0.462 e. The van der Waals surface area contributed by atoms with Gasteiger partial charge >= 0.3 is 19.8 Å². The Labute approximate surface area is 323 Å². The summed E-state index contributed by atoms with van der Waals surface area (Å²) in [4.78, 5) is 34.6. The molecule has 2 atom stereocenters. The minimum absolute atomic E-state index is 0.0155. The number of allylic oxidation sites excluding steroid dienone is 12. The maximum absolute atomic E-state index is 12.5. The molecule has 0 aliphatic rings. The van der Waals surface area contributed by atoms with Gasteiger partial charge in [0.2, 0.25) is 0 Å². The van der Waals surface area contributed by atoms with Crippen LogP contribution < -0.4 is 0 Å². The summed E-state index contributed by atoms with van der Waals surface area (Å²) in [6, 6.07) is 0. The standard InChI is InChI=1S/C44H75O8P/c1-4-7-9-11-13-15-17-19-21-22-23-24-25-27-29-31-33-35-37-39-44(46)52-42(41-51-53(47,48)50-6-3)40-49-43(45)38-36-34-32-30-28-26-20-18-16-14-12-10-8-5-2/h7,9,13,15,19,21,23-24,27,29,33,35,42H,4-6,8,10-12,14,16-18,20,22,25-26,28,30-32,34,36-41H2,1-3H3,(H,47,48)/b9-7-,15-13-,21-19-,24-23-,29-27-,35-33-. The van der Waals surface area contributed by atoms with Crippen LogP contribution in [0.1, 0.15) is 168 Å². The van der Waals surface area contributed by atoms with E-state index in [-0.39, 0.29) is 32.0 Å². The van der Waals surface area contributed by atoms with Crippen molar-refractivity contribution in [2.24, 2.45) is 0 Å². The fraction of sp³-hybridized carbons (Fsp3) is 0.682. The van der Waals surface area contributed by atoms with E-state index in [0.29, 0.717) is 6.42 Å². The number of hydrogen-bond donors (Lipinski definition) is 1. The summed E-state index contributed by atoms with van der Waals surface area (Å²) in [7, 11) is -4.30. The molecular weight excluding hydrogens is 687 g/mol. The Balaban J connectivity index is 4.25. The fourth-order valence-corrected chi connectivity index (χ4v) is 6.06. The van der Waals surface area contributed by atoms with Crippen molar-refractivity contribution < 1.29 is 37.6 Å². The molecule has 0 aromatic heterocycles. The number of phosphoric acid groups is 1. The topological polar surface area (TPSA) is 108 Å². The van der Waals surface area contributed by atoms with Crippen molar-refractivity contribution in [1.29, 1.82) is 0 Å². The highest BCUT2D eigenvalue weighted by Gasteiger charge is 2.25. The second kappa shape index (κ2) is 39.2. The monoisotopic (exact) mass is 763 g/mol. The van der Waals surface area contributed by atoms with Crippen LogP contribution in [0.2, 0.25) is 0 Å². The second-order valence-electron chi connectivity index (χ2n) is 13.3. The summed E-state index contributed by atoms with van der Waals surface area (Å²) in [5, 5.41) is 0. The molecule has 0 spiro atoms. The van der Waals surface area contributed by atoms with Crippen molar-refractivity contribution in [3.8, 4) is 0 Å². The molecule has 304 valence electrons. The van der Waals surface area contributed by atoms with Crippen LogP contribution in [-0.4, -0.2) is 42.8 Å². The molecule has 0 amide bonds. The number of rotatable bonds is 37. The number of phosphoric ester groups is 1. The van der Waals surface area contributed by atoms with Crippen LogP contribution in [0, 0.1) is 0 Å². The predicted molar refractivity (Wildman–Crippen MR) is 221 cm³/mol. The summed E-state index contributed by atoms with van der Waals surface area (Å²) < 4.78 is 32.5. The molecule has 0 fully saturated rings. The van der Waals surface area contributed by atoms with Gasteiger partial charge in [-0.15, -0.1) is 0 Å². The molecule has 8 nitrogen and oxygen atoms in total. The number of esters is 2. The van der Waals surface area contributed by atoms with E-state index >= 15 is 0 Å². The van der Waals surface area contributed by atoms with E-state index in [0.717, 1.165) is 57.8 Å². The Kier molecular flexibility index (Phi) is 37.3. The van der Waals surface area contributed by atoms with E-state index < -0.39 is 26.5 Å². The Morgan fingerprint density at radius 1 is 0.528 bits per heavy atom. The van der Waals surface area contributed by atoms with E-state index in [1.54, 1.807) is 6.92 Å². The number of hydrogen-bond acceptors (Lipinski definition) is 7. The van der Waals surface area contributed by atoms with Gasteiger partial charge in [-0.1, -0.05) is 170 Å². The van der Waals surface area contributed by atoms with Gasteiger partial charge in [0, 0.05) is 12.8 Å². The number of unbranched alkanes of at least 4 members (excludes halogenated alkanes) is 13. The molecule has 0 radical (unpaired) electrons. The van der Waals surface area contributed by atoms with E-state index in [9.17, 15) is 19.0 Å². The zero-order valence-corrected chi connectivity index (χ0v) is 34.5. The Hall–Kier alpha value is -2.51. The summed E-state index contributed by atoms with van der Waals surface area (Å²) in [6.07, 6.45) is 48.3. The molecule has 53 heavy (non-hydrogen) atoms. The molecule has 0 aliphatic heterocycles. The predicted octanol–water partition coefficient (Wildman–Crippen LogP) is 12.9. The fourth-order valence-electron chi connectivity index (χ4n) is 5.30. The maximum atomic E-state index is 12.5. The summed E-state index contributed by atoms with van der Waals surface area (Å²) in [5.74, 6) is -0.898. The molecular formula is C44H75O8P. The molecule has 2 unspecified atom stereocenters. The van der Waals surface area contributed by atoms with Gasteiger partial charge < -0.3 is 14.4 Å². The van der Waals surface area contributed by atoms with Gasteiger partial charge in [-0.05, 0) is 58.3 Å². The van der Waals surface area contributed by atoms with E-state index in [1.807, 2.05) is 12.2 Å². The van der Waals surface area contributed by atoms with Crippen LogP contribution in [0.15, 0.2) is 72.9 Å². The number of carbonyl (C=O) groups excluding carboxylic acids is 2. The summed E-state index contributed by atoms with van der Waals surface area (Å²) >= 11 is 0. The van der Waals surface area contributed by atoms with Crippen LogP contribution in [0.5, 0.6) is 0 Å². The first-order valence-electron chi connectivity index (χ1n) is 20.7. The van der Waals surface area contributed by atoms with E-state index in [2.05, 4.69) is 74.6 Å². The average Bonchev–Trinajstić information content (AvgIpc) is 3.13. The van der Waals surface area contributed by atoms with Gasteiger partial charge in [0.1, 0.15) is 6.61 Å². The zero-order valence-electron chi connectivity index (χ0n) is 33.6. The lowest BCUT2D eigenvalue weighted by molar-refractivity contribution is -0.161. The molecule has 0 rings (SSSR count). The van der Waals surface area contributed by atoms with Gasteiger partial charge in [-0.2, -0.15) is 0 Å². The molecule has 0 saturated carbocycles. The lowest BCUT2D eigenvalue weighted by Crippen LogP contribution is -2.29. The van der Waals surface area contributed by atoms with Gasteiger partial charge in [0.25, 0.3) is 0 Å². The van der Waals surface area contributed by atoms with Crippen LogP contribution >= 0.6 is 7.82 Å². The van der Waals surface area contributed by atoms with E-state index in [1.165, 1.54) is 70.6 Å². The van der Waals surface area contributed by atoms with Crippen molar-refractivity contribution in [1.82, 2.24) is 0 Å². The molecule has 0 aromatic carbocycles. The van der Waals surface area contributed by atoms with Gasteiger partial charge in [-0.25, -0.2) is 4.57 Å². The average molecular weight is 763 g/mol. The van der Waals surface area contributed by atoms with Crippen molar-refractivity contribution in [2.45, 2.75) is 175 Å². The number of carbonyl (C=O) groups is 2. The highest BCUT2D eigenvalue weighted by molar-refractivity contribution is 7.47. The zero-order chi connectivity index (χ0) is 38.9. The SMILES string of the molecule is CC/C=C\C/C=C\C/C=C\C/C=C\C/C=C\C/C=C\CCC(=O)OC(COC(=O)CCCCCCCCCCCCCCCC)COP(=O)(O)OCC. The van der Waals surface area contributed by atoms with Crippen LogP contribution in [-0.2, 0) is 32.7 Å². The van der Waals surface area contributed by atoms with Gasteiger partial charge in [-0.3, -0.25) is 18.6 Å². The van der Waals surface area contributed by atoms with Gasteiger partial charge in [0.05, 0.1) is 13.2 Å². The third-order valence-corrected chi connectivity index (χ3v) is 9.35. The first-order chi connectivity index (χ1) is 25.8. The molecule has 0 aliphatic carbocycles. The number of ether oxygens (including phenoxy) is 2. The van der Waals surface area contributed by atoms with Crippen LogP contribution in [0.4, 0.5) is 0 Å². The highest BCUT2D eigenvalue weighted by atomic mass is 31.2. The third kappa shape index (κ3) is 39.0. The Morgan fingerprint density at radius 2 is 0.962 bits per heavy atom. The Morgan fingerprint density at radius 3 is 1.42 bits per heavy atom. The lowest BCUT2D eigenvalue weighted by atomic mass is 10.0. The van der Waals surface area contributed by atoms with Crippen molar-refractivity contribution in [3.05, 3.63) is 72.9 Å². The van der Waals surface area contributed by atoms with Crippen LogP contribution in [0.25, 0.3) is 0 Å². The van der Waals surface area contributed by atoms with Crippen molar-refractivity contribution >= 4 is 19.8 Å². The quantitative estimate of drug-likeness (QED) is 0.0288. The second-order valence-corrected chi connectivity index (χ2v) is 14.7. The van der Waals surface area contributed by atoms with Crippen LogP contribution in [0.3, 0.4) is 0 Å². The molecule has 0 heterocycles. The maximum Gasteiger partial charge on any atom is 0.472 e. The highest BCUT2D eigenvalue weighted by Crippen LogP contribution is 2.43. The largest absolute Gasteiger partial charge is 0.472 e. The normalized spacial score (nSPS) is 14.1. The van der Waals surface area contributed by atoms with E-state index in [4.69, 9.17) is 18.5 Å². The van der Waals surface area contributed by atoms with Gasteiger partial charge in [0.15, 0.2) is 6.10 Å². The molecule has 9 heteroatoms. The third-order valence-electron chi connectivity index (χ3n) is 8.29. The minimum atomic E-state index is -4.30. The first-order valence-corrected chi connectivity index (χ1v) is 22.2. The smallest absolute Gasteiger partial charge is 0.462 e. The van der Waals surface area contributed by atoms with Crippen molar-refractivity contribution in [3.63, 3.8) is 0 Å². The molecule has 0 bridgehead atoms. The summed E-state index contributed by atoms with van der Waals surface area (Å²) in [5.41, 5.74) is 0. The lowest BCUT2D eigenvalue weighted by Gasteiger charge is -2.19. The Bertz CT molecular complexity index is 1090. The molecule has 0 saturated heterocycles. The first kappa shape index (κ1) is 50.5. The molecule has 1 N–H and O–H groups in total.